The second-order valence-electron chi connectivity index (χ2n) is 8.08. The fraction of sp³-hybridized carbons (Fsp3) is 0.172. The Morgan fingerprint density at radius 1 is 0.576 bits per heavy atom. The highest BCUT2D eigenvalue weighted by molar-refractivity contribution is 5.34. The Morgan fingerprint density at radius 3 is 1.79 bits per heavy atom. The summed E-state index contributed by atoms with van der Waals surface area (Å²) in [6.07, 6.45) is 0. The van der Waals surface area contributed by atoms with Crippen LogP contribution in [0.4, 0.5) is 0 Å². The van der Waals surface area contributed by atoms with Crippen molar-refractivity contribution in [1.29, 1.82) is 0 Å². The fourth-order valence-electron chi connectivity index (χ4n) is 3.79. The molecule has 0 heterocycles. The van der Waals surface area contributed by atoms with E-state index in [9.17, 15) is 0 Å². The molecule has 4 aromatic carbocycles. The van der Waals surface area contributed by atoms with E-state index in [1.807, 2.05) is 48.5 Å². The molecule has 0 saturated heterocycles. The Morgan fingerprint density at radius 2 is 1.15 bits per heavy atom. The Labute approximate surface area is 196 Å². The summed E-state index contributed by atoms with van der Waals surface area (Å²) in [7, 11) is 1.69. The number of methoxy groups -OCH3 is 1. The summed E-state index contributed by atoms with van der Waals surface area (Å²) in [4.78, 5) is 2.43. The quantitative estimate of drug-likeness (QED) is 0.323. The van der Waals surface area contributed by atoms with Crippen molar-refractivity contribution in [1.82, 2.24) is 4.90 Å². The van der Waals surface area contributed by atoms with Crippen molar-refractivity contribution in [3.05, 3.63) is 125 Å². The molecule has 168 valence electrons. The van der Waals surface area contributed by atoms with Crippen molar-refractivity contribution in [3.63, 3.8) is 0 Å². The lowest BCUT2D eigenvalue weighted by molar-refractivity contribution is 0.247. The van der Waals surface area contributed by atoms with E-state index in [2.05, 4.69) is 59.5 Å². The highest BCUT2D eigenvalue weighted by atomic mass is 16.5. The van der Waals surface area contributed by atoms with Gasteiger partial charge < -0.3 is 15.2 Å². The van der Waals surface area contributed by atoms with Gasteiger partial charge in [0, 0.05) is 26.2 Å². The predicted octanol–water partition coefficient (Wildman–Crippen LogP) is 6.15. The van der Waals surface area contributed by atoms with Gasteiger partial charge in [-0.1, -0.05) is 66.7 Å². The van der Waals surface area contributed by atoms with Crippen LogP contribution in [0.1, 0.15) is 22.3 Å². The second-order valence-corrected chi connectivity index (χ2v) is 8.08. The first-order valence-corrected chi connectivity index (χ1v) is 11.2. The van der Waals surface area contributed by atoms with Crippen LogP contribution in [0, 0.1) is 0 Å². The molecule has 0 fully saturated rings. The van der Waals surface area contributed by atoms with Crippen LogP contribution in [0.15, 0.2) is 103 Å². The average Bonchev–Trinajstić information content (AvgIpc) is 2.86. The van der Waals surface area contributed by atoms with Crippen LogP contribution >= 0.6 is 0 Å². The molecule has 0 radical (unpaired) electrons. The number of hydrogen-bond donors (Lipinski definition) is 1. The molecule has 4 heteroatoms. The van der Waals surface area contributed by atoms with Gasteiger partial charge in [-0.15, -0.1) is 0 Å². The molecule has 2 N–H and O–H groups in total. The number of nitrogens with two attached hydrogens (primary N) is 1. The molecule has 0 bridgehead atoms. The van der Waals surface area contributed by atoms with E-state index < -0.39 is 0 Å². The smallest absolute Gasteiger partial charge is 0.127 e. The van der Waals surface area contributed by atoms with Crippen molar-refractivity contribution >= 4 is 0 Å². The van der Waals surface area contributed by atoms with Crippen LogP contribution in [0.3, 0.4) is 0 Å². The van der Waals surface area contributed by atoms with E-state index in [0.29, 0.717) is 6.54 Å². The van der Waals surface area contributed by atoms with Crippen LogP contribution in [0.5, 0.6) is 17.2 Å². The largest absolute Gasteiger partial charge is 0.497 e. The lowest BCUT2D eigenvalue weighted by Gasteiger charge is -2.23. The van der Waals surface area contributed by atoms with Crippen molar-refractivity contribution in [2.45, 2.75) is 26.2 Å². The van der Waals surface area contributed by atoms with E-state index in [4.69, 9.17) is 15.2 Å². The van der Waals surface area contributed by atoms with Gasteiger partial charge in [0.1, 0.15) is 17.2 Å². The lowest BCUT2D eigenvalue weighted by Crippen LogP contribution is -2.22. The van der Waals surface area contributed by atoms with E-state index in [-0.39, 0.29) is 0 Å². The first-order chi connectivity index (χ1) is 16.2. The van der Waals surface area contributed by atoms with Gasteiger partial charge in [0.05, 0.1) is 7.11 Å². The van der Waals surface area contributed by atoms with Crippen molar-refractivity contribution < 1.29 is 9.47 Å². The molecular formula is C29H30N2O2. The zero-order chi connectivity index (χ0) is 22.9. The van der Waals surface area contributed by atoms with Crippen LogP contribution in [-0.4, -0.2) is 12.0 Å². The Balaban J connectivity index is 1.52. The van der Waals surface area contributed by atoms with E-state index in [1.54, 1.807) is 7.11 Å². The summed E-state index contributed by atoms with van der Waals surface area (Å²) >= 11 is 0. The molecule has 0 amide bonds. The number of nitrogens with zero attached hydrogens (tertiary/aromatic N) is 1. The molecular weight excluding hydrogens is 408 g/mol. The lowest BCUT2D eigenvalue weighted by atomic mass is 10.1. The maximum atomic E-state index is 6.04. The van der Waals surface area contributed by atoms with Crippen molar-refractivity contribution in [3.8, 4) is 17.2 Å². The van der Waals surface area contributed by atoms with Gasteiger partial charge >= 0.3 is 0 Å². The Bertz CT molecular complexity index is 1080. The summed E-state index contributed by atoms with van der Waals surface area (Å²) in [6.45, 7) is 3.02. The predicted molar refractivity (Wildman–Crippen MR) is 133 cm³/mol. The van der Waals surface area contributed by atoms with Crippen LogP contribution < -0.4 is 15.2 Å². The summed E-state index contributed by atoms with van der Waals surface area (Å²) < 4.78 is 11.4. The Kier molecular flexibility index (Phi) is 7.75. The third-order valence-electron chi connectivity index (χ3n) is 5.51. The van der Waals surface area contributed by atoms with Gasteiger partial charge in [-0.05, 0) is 58.7 Å². The normalized spacial score (nSPS) is 10.9. The molecule has 0 unspecified atom stereocenters. The maximum Gasteiger partial charge on any atom is 0.127 e. The molecule has 0 aromatic heterocycles. The minimum absolute atomic E-state index is 0.560. The highest BCUT2D eigenvalue weighted by Gasteiger charge is 2.10. The number of ether oxygens (including phenoxy) is 2. The number of para-hydroxylation sites is 1. The molecule has 0 aliphatic heterocycles. The van der Waals surface area contributed by atoms with Crippen LogP contribution in [-0.2, 0) is 26.2 Å². The van der Waals surface area contributed by atoms with Gasteiger partial charge in [0.2, 0.25) is 0 Å². The van der Waals surface area contributed by atoms with Gasteiger partial charge in [-0.2, -0.15) is 0 Å². The number of benzene rings is 4. The molecule has 4 rings (SSSR count). The van der Waals surface area contributed by atoms with Gasteiger partial charge in [-0.3, -0.25) is 4.90 Å². The van der Waals surface area contributed by atoms with Crippen LogP contribution in [0.2, 0.25) is 0 Å². The average molecular weight is 439 g/mol. The standard InChI is InChI=1S/C29H30N2O2/c1-32-27-16-14-25(15-17-27)21-31(20-24-12-10-23(19-30)11-13-24)22-26-6-5-9-29(18-26)33-28-7-3-2-4-8-28/h2-18H,19-22,30H2,1H3. The van der Waals surface area contributed by atoms with Crippen LogP contribution in [0.25, 0.3) is 0 Å². The summed E-state index contributed by atoms with van der Waals surface area (Å²) in [5.74, 6) is 2.55. The van der Waals surface area contributed by atoms with Gasteiger partial charge in [-0.25, -0.2) is 0 Å². The van der Waals surface area contributed by atoms with Crippen molar-refractivity contribution in [2.24, 2.45) is 5.73 Å². The molecule has 4 nitrogen and oxygen atoms in total. The molecule has 0 spiro atoms. The first kappa shape index (κ1) is 22.6. The molecule has 0 aliphatic rings. The third kappa shape index (κ3) is 6.69. The molecule has 4 aromatic rings. The fourth-order valence-corrected chi connectivity index (χ4v) is 3.79. The molecule has 0 atom stereocenters. The topological polar surface area (TPSA) is 47.7 Å². The summed E-state index contributed by atoms with van der Waals surface area (Å²) in [5.41, 5.74) is 10.6. The number of rotatable bonds is 10. The van der Waals surface area contributed by atoms with E-state index in [1.165, 1.54) is 16.7 Å². The Hall–Kier alpha value is -3.60. The second kappa shape index (κ2) is 11.3. The maximum absolute atomic E-state index is 6.04. The molecule has 0 aliphatic carbocycles. The minimum atomic E-state index is 0.560. The summed E-state index contributed by atoms with van der Waals surface area (Å²) in [6, 6.07) is 35.0. The minimum Gasteiger partial charge on any atom is -0.497 e. The first-order valence-electron chi connectivity index (χ1n) is 11.2. The molecule has 33 heavy (non-hydrogen) atoms. The van der Waals surface area contributed by atoms with Gasteiger partial charge in [0.15, 0.2) is 0 Å². The monoisotopic (exact) mass is 438 g/mol. The van der Waals surface area contributed by atoms with Crippen molar-refractivity contribution in [2.75, 3.05) is 7.11 Å². The highest BCUT2D eigenvalue weighted by Crippen LogP contribution is 2.24. The number of hydrogen-bond acceptors (Lipinski definition) is 4. The van der Waals surface area contributed by atoms with Gasteiger partial charge in [0.25, 0.3) is 0 Å². The van der Waals surface area contributed by atoms with E-state index in [0.717, 1.165) is 42.4 Å². The zero-order valence-corrected chi connectivity index (χ0v) is 19.0. The zero-order valence-electron chi connectivity index (χ0n) is 19.0. The SMILES string of the molecule is COc1ccc(CN(Cc2ccc(CN)cc2)Cc2cccc(Oc3ccccc3)c2)cc1. The summed E-state index contributed by atoms with van der Waals surface area (Å²) in [5, 5.41) is 0. The molecule has 0 saturated carbocycles. The third-order valence-corrected chi connectivity index (χ3v) is 5.51. The van der Waals surface area contributed by atoms with E-state index >= 15 is 0 Å².